The summed E-state index contributed by atoms with van der Waals surface area (Å²) in [5.74, 6) is -0.528. The van der Waals surface area contributed by atoms with E-state index in [2.05, 4.69) is 10.5 Å². The molecular formula is C22H19ClN4O5S. The third-order valence-electron chi connectivity index (χ3n) is 4.55. The number of nitro benzene ring substituents is 1. The van der Waals surface area contributed by atoms with Crippen molar-refractivity contribution >= 4 is 45.1 Å². The molecular weight excluding hydrogens is 468 g/mol. The Hall–Kier alpha value is -3.76. The van der Waals surface area contributed by atoms with E-state index in [1.54, 1.807) is 30.3 Å². The highest BCUT2D eigenvalue weighted by molar-refractivity contribution is 7.92. The standard InChI is InChI=1S/C22H19ClN4O5S/c1-33(31,32)26(15-18-6-2-3-8-21(18)23)19-11-9-17(10-12-19)22(28)25-24-14-16-5-4-7-20(13-16)27(29)30/h2-14H,15H2,1H3,(H,25,28)/b24-14-. The van der Waals surface area contributed by atoms with Gasteiger partial charge in [0.15, 0.2) is 0 Å². The number of anilines is 1. The van der Waals surface area contributed by atoms with Crippen molar-refractivity contribution in [3.05, 3.63) is 105 Å². The van der Waals surface area contributed by atoms with Crippen LogP contribution < -0.4 is 9.73 Å². The molecule has 0 saturated carbocycles. The maximum Gasteiger partial charge on any atom is 0.271 e. The van der Waals surface area contributed by atoms with Gasteiger partial charge in [0.05, 0.1) is 29.6 Å². The second kappa shape index (κ2) is 10.2. The highest BCUT2D eigenvalue weighted by atomic mass is 35.5. The van der Waals surface area contributed by atoms with Crippen LogP contribution in [-0.2, 0) is 16.6 Å². The zero-order valence-electron chi connectivity index (χ0n) is 17.4. The molecule has 1 amide bonds. The first-order valence-electron chi connectivity index (χ1n) is 9.54. The third kappa shape index (κ3) is 6.37. The number of carbonyl (C=O) groups excluding carboxylic acids is 1. The average Bonchev–Trinajstić information content (AvgIpc) is 2.78. The number of hydrogen-bond acceptors (Lipinski definition) is 6. The van der Waals surface area contributed by atoms with Crippen LogP contribution in [0.25, 0.3) is 0 Å². The fraction of sp³-hybridized carbons (Fsp3) is 0.0909. The molecule has 3 rings (SSSR count). The van der Waals surface area contributed by atoms with E-state index in [4.69, 9.17) is 11.6 Å². The summed E-state index contributed by atoms with van der Waals surface area (Å²) in [5, 5.41) is 15.1. The number of sulfonamides is 1. The molecule has 3 aromatic carbocycles. The van der Waals surface area contributed by atoms with Crippen LogP contribution in [0.4, 0.5) is 11.4 Å². The Morgan fingerprint density at radius 1 is 1.12 bits per heavy atom. The van der Waals surface area contributed by atoms with Crippen molar-refractivity contribution in [1.82, 2.24) is 5.43 Å². The molecule has 170 valence electrons. The zero-order valence-corrected chi connectivity index (χ0v) is 19.0. The summed E-state index contributed by atoms with van der Waals surface area (Å²) in [6.07, 6.45) is 2.38. The Kier molecular flexibility index (Phi) is 7.41. The van der Waals surface area contributed by atoms with Crippen molar-refractivity contribution in [2.24, 2.45) is 5.10 Å². The summed E-state index contributed by atoms with van der Waals surface area (Å²) in [6, 6.07) is 18.7. The van der Waals surface area contributed by atoms with Crippen LogP contribution in [0.1, 0.15) is 21.5 Å². The first kappa shape index (κ1) is 23.9. The van der Waals surface area contributed by atoms with E-state index >= 15 is 0 Å². The largest absolute Gasteiger partial charge is 0.271 e. The maximum absolute atomic E-state index is 12.4. The Balaban J connectivity index is 1.72. The van der Waals surface area contributed by atoms with Gasteiger partial charge in [0.1, 0.15) is 0 Å². The van der Waals surface area contributed by atoms with Gasteiger partial charge in [-0.15, -0.1) is 0 Å². The Morgan fingerprint density at radius 3 is 2.45 bits per heavy atom. The number of nitrogens with one attached hydrogen (secondary N) is 1. The van der Waals surface area contributed by atoms with E-state index in [0.717, 1.165) is 6.26 Å². The van der Waals surface area contributed by atoms with Crippen LogP contribution >= 0.6 is 11.6 Å². The predicted octanol–water partition coefficient (Wildman–Crippen LogP) is 3.98. The van der Waals surface area contributed by atoms with Gasteiger partial charge in [-0.1, -0.05) is 41.9 Å². The van der Waals surface area contributed by atoms with E-state index in [-0.39, 0.29) is 17.8 Å². The first-order valence-corrected chi connectivity index (χ1v) is 11.8. The van der Waals surface area contributed by atoms with E-state index in [1.165, 1.54) is 53.0 Å². The van der Waals surface area contributed by atoms with Crippen LogP contribution in [0.15, 0.2) is 77.9 Å². The van der Waals surface area contributed by atoms with Crippen molar-refractivity contribution in [3.63, 3.8) is 0 Å². The number of halogens is 1. The van der Waals surface area contributed by atoms with Gasteiger partial charge in [-0.05, 0) is 35.9 Å². The number of benzene rings is 3. The average molecular weight is 487 g/mol. The topological polar surface area (TPSA) is 122 Å². The normalized spacial score (nSPS) is 11.3. The fourth-order valence-electron chi connectivity index (χ4n) is 2.91. The van der Waals surface area contributed by atoms with Gasteiger partial charge >= 0.3 is 0 Å². The molecule has 9 nitrogen and oxygen atoms in total. The van der Waals surface area contributed by atoms with Crippen molar-refractivity contribution in [2.45, 2.75) is 6.54 Å². The third-order valence-corrected chi connectivity index (χ3v) is 6.06. The number of non-ortho nitro benzene ring substituents is 1. The molecule has 0 aliphatic carbocycles. The number of amides is 1. The number of carbonyl (C=O) groups is 1. The van der Waals surface area contributed by atoms with Crippen molar-refractivity contribution in [1.29, 1.82) is 0 Å². The molecule has 0 bridgehead atoms. The first-order chi connectivity index (χ1) is 15.6. The second-order valence-corrected chi connectivity index (χ2v) is 9.27. The molecule has 0 aliphatic heterocycles. The van der Waals surface area contributed by atoms with E-state index in [9.17, 15) is 23.3 Å². The van der Waals surface area contributed by atoms with Crippen LogP contribution in [-0.4, -0.2) is 31.7 Å². The Morgan fingerprint density at radius 2 is 1.82 bits per heavy atom. The second-order valence-electron chi connectivity index (χ2n) is 6.96. The zero-order chi connectivity index (χ0) is 24.0. The lowest BCUT2D eigenvalue weighted by molar-refractivity contribution is -0.384. The lowest BCUT2D eigenvalue weighted by Crippen LogP contribution is -2.29. The van der Waals surface area contributed by atoms with Crippen LogP contribution in [0.2, 0.25) is 5.02 Å². The highest BCUT2D eigenvalue weighted by Crippen LogP contribution is 2.24. The lowest BCUT2D eigenvalue weighted by atomic mass is 10.2. The van der Waals surface area contributed by atoms with Crippen LogP contribution in [0.5, 0.6) is 0 Å². The maximum atomic E-state index is 12.4. The minimum absolute atomic E-state index is 0.0392. The van der Waals surface area contributed by atoms with Crippen molar-refractivity contribution in [2.75, 3.05) is 10.6 Å². The van der Waals surface area contributed by atoms with E-state index in [0.29, 0.717) is 21.8 Å². The smallest absolute Gasteiger partial charge is 0.267 e. The number of rotatable bonds is 8. The molecule has 0 heterocycles. The molecule has 0 spiro atoms. The van der Waals surface area contributed by atoms with Crippen molar-refractivity contribution < 1.29 is 18.1 Å². The summed E-state index contributed by atoms with van der Waals surface area (Å²) in [5.41, 5.74) is 3.95. The number of hydrazone groups is 1. The van der Waals surface area contributed by atoms with Gasteiger partial charge in [-0.25, -0.2) is 13.8 Å². The van der Waals surface area contributed by atoms with Gasteiger partial charge in [0, 0.05) is 28.3 Å². The Bertz CT molecular complexity index is 1310. The van der Waals surface area contributed by atoms with Gasteiger partial charge in [0.2, 0.25) is 10.0 Å². The summed E-state index contributed by atoms with van der Waals surface area (Å²) in [4.78, 5) is 22.6. The molecule has 1 N–H and O–H groups in total. The lowest BCUT2D eigenvalue weighted by Gasteiger charge is -2.23. The minimum atomic E-state index is -3.62. The van der Waals surface area contributed by atoms with Crippen LogP contribution in [0, 0.1) is 10.1 Å². The quantitative estimate of drug-likeness (QED) is 0.293. The van der Waals surface area contributed by atoms with Crippen molar-refractivity contribution in [3.8, 4) is 0 Å². The number of nitro groups is 1. The highest BCUT2D eigenvalue weighted by Gasteiger charge is 2.19. The molecule has 0 aromatic heterocycles. The predicted molar refractivity (Wildman–Crippen MR) is 127 cm³/mol. The molecule has 3 aromatic rings. The van der Waals surface area contributed by atoms with Gasteiger partial charge in [-0.3, -0.25) is 19.2 Å². The molecule has 33 heavy (non-hydrogen) atoms. The Labute approximate surface area is 195 Å². The molecule has 0 atom stereocenters. The van der Waals surface area contributed by atoms with Crippen LogP contribution in [0.3, 0.4) is 0 Å². The van der Waals surface area contributed by atoms with E-state index in [1.807, 2.05) is 0 Å². The number of nitrogens with zero attached hydrogens (tertiary/aromatic N) is 3. The number of hydrogen-bond donors (Lipinski definition) is 1. The van der Waals surface area contributed by atoms with E-state index < -0.39 is 20.9 Å². The summed E-state index contributed by atoms with van der Waals surface area (Å²) < 4.78 is 25.9. The fourth-order valence-corrected chi connectivity index (χ4v) is 3.98. The molecule has 0 radical (unpaired) electrons. The molecule has 11 heteroatoms. The van der Waals surface area contributed by atoms with Gasteiger partial charge in [0.25, 0.3) is 11.6 Å². The minimum Gasteiger partial charge on any atom is -0.267 e. The summed E-state index contributed by atoms with van der Waals surface area (Å²) >= 11 is 6.17. The molecule has 0 unspecified atom stereocenters. The van der Waals surface area contributed by atoms with Gasteiger partial charge in [-0.2, -0.15) is 5.10 Å². The van der Waals surface area contributed by atoms with Gasteiger partial charge < -0.3 is 0 Å². The summed E-state index contributed by atoms with van der Waals surface area (Å²) in [6.45, 7) is 0.0392. The monoisotopic (exact) mass is 486 g/mol. The molecule has 0 saturated heterocycles. The molecule has 0 fully saturated rings. The SMILES string of the molecule is CS(=O)(=O)N(Cc1ccccc1Cl)c1ccc(C(=O)N/N=C\c2cccc([N+](=O)[O-])c2)cc1. The summed E-state index contributed by atoms with van der Waals surface area (Å²) in [7, 11) is -3.62. The molecule has 0 aliphatic rings.